The summed E-state index contributed by atoms with van der Waals surface area (Å²) in [7, 11) is 0. The normalized spacial score (nSPS) is 17.8. The number of carbonyl (C=O) groups is 1. The fourth-order valence-electron chi connectivity index (χ4n) is 3.18. The van der Waals surface area contributed by atoms with Crippen molar-refractivity contribution in [2.24, 2.45) is 11.8 Å². The molecule has 6 heteroatoms. The highest BCUT2D eigenvalue weighted by atomic mass is 16.4. The molecule has 0 spiro atoms. The van der Waals surface area contributed by atoms with Gasteiger partial charge in [-0.25, -0.2) is 4.68 Å². The van der Waals surface area contributed by atoms with Gasteiger partial charge in [0.15, 0.2) is 5.82 Å². The van der Waals surface area contributed by atoms with Gasteiger partial charge in [-0.15, -0.1) is 5.10 Å². The molecule has 0 bridgehead atoms. The maximum absolute atomic E-state index is 10.9. The molecule has 21 heavy (non-hydrogen) atoms. The van der Waals surface area contributed by atoms with Crippen molar-refractivity contribution in [3.63, 3.8) is 0 Å². The molecule has 0 aliphatic heterocycles. The summed E-state index contributed by atoms with van der Waals surface area (Å²) in [4.78, 5) is 10.9. The second-order valence-electron chi connectivity index (χ2n) is 6.19. The highest BCUT2D eigenvalue weighted by Gasteiger charge is 2.18. The Balaban J connectivity index is 1.86. The first-order valence-corrected chi connectivity index (χ1v) is 8.15. The van der Waals surface area contributed by atoms with Gasteiger partial charge in [0, 0.05) is 19.4 Å². The lowest BCUT2D eigenvalue weighted by molar-refractivity contribution is -0.138. The second kappa shape index (κ2) is 8.10. The molecule has 0 aromatic carbocycles. The molecule has 1 aliphatic rings. The third-order valence-corrected chi connectivity index (χ3v) is 4.58. The van der Waals surface area contributed by atoms with E-state index in [1.807, 2.05) is 6.92 Å². The van der Waals surface area contributed by atoms with E-state index in [-0.39, 0.29) is 12.3 Å². The van der Waals surface area contributed by atoms with Crippen LogP contribution in [0, 0.1) is 11.8 Å². The summed E-state index contributed by atoms with van der Waals surface area (Å²) in [5.74, 6) is 1.06. The number of aryl methyl sites for hydroxylation is 1. The first kappa shape index (κ1) is 15.9. The van der Waals surface area contributed by atoms with E-state index in [9.17, 15) is 4.79 Å². The van der Waals surface area contributed by atoms with Gasteiger partial charge in [-0.05, 0) is 28.7 Å². The molecule has 1 atom stereocenters. The van der Waals surface area contributed by atoms with Crippen molar-refractivity contribution >= 4 is 5.97 Å². The Morgan fingerprint density at radius 2 is 2.14 bits per heavy atom. The summed E-state index contributed by atoms with van der Waals surface area (Å²) in [5.41, 5.74) is 0. The molecule has 6 nitrogen and oxygen atoms in total. The van der Waals surface area contributed by atoms with Crippen molar-refractivity contribution in [2.75, 3.05) is 0 Å². The summed E-state index contributed by atoms with van der Waals surface area (Å²) < 4.78 is 1.81. The first-order chi connectivity index (χ1) is 10.2. The number of hydrogen-bond acceptors (Lipinski definition) is 4. The van der Waals surface area contributed by atoms with Crippen molar-refractivity contribution in [3.05, 3.63) is 5.82 Å². The SMILES string of the molecule is CCC(CC(=O)O)Cn1nnnc1CCC1CCCCC1. The van der Waals surface area contributed by atoms with Crippen LogP contribution in [0.15, 0.2) is 0 Å². The van der Waals surface area contributed by atoms with Gasteiger partial charge in [0.2, 0.25) is 0 Å². The quantitative estimate of drug-likeness (QED) is 0.797. The van der Waals surface area contributed by atoms with Crippen molar-refractivity contribution in [3.8, 4) is 0 Å². The van der Waals surface area contributed by atoms with Gasteiger partial charge in [0.1, 0.15) is 0 Å². The number of tetrazole rings is 1. The third-order valence-electron chi connectivity index (χ3n) is 4.58. The van der Waals surface area contributed by atoms with Gasteiger partial charge in [-0.2, -0.15) is 0 Å². The van der Waals surface area contributed by atoms with Crippen LogP contribution >= 0.6 is 0 Å². The molecule has 118 valence electrons. The molecule has 0 amide bonds. The van der Waals surface area contributed by atoms with Crippen LogP contribution in [0.5, 0.6) is 0 Å². The molecule has 1 aliphatic carbocycles. The zero-order chi connectivity index (χ0) is 15.1. The van der Waals surface area contributed by atoms with Gasteiger partial charge < -0.3 is 5.11 Å². The smallest absolute Gasteiger partial charge is 0.303 e. The van der Waals surface area contributed by atoms with Crippen LogP contribution < -0.4 is 0 Å². The Kier molecular flexibility index (Phi) is 6.14. The Hall–Kier alpha value is -1.46. The molecule has 0 radical (unpaired) electrons. The van der Waals surface area contributed by atoms with E-state index >= 15 is 0 Å². The highest BCUT2D eigenvalue weighted by molar-refractivity contribution is 5.66. The first-order valence-electron chi connectivity index (χ1n) is 8.15. The predicted octanol–water partition coefficient (Wildman–Crippen LogP) is 2.69. The fourth-order valence-corrected chi connectivity index (χ4v) is 3.18. The van der Waals surface area contributed by atoms with Crippen LogP contribution in [0.4, 0.5) is 0 Å². The van der Waals surface area contributed by atoms with Crippen molar-refractivity contribution in [1.82, 2.24) is 20.2 Å². The predicted molar refractivity (Wildman–Crippen MR) is 78.7 cm³/mol. The van der Waals surface area contributed by atoms with Crippen LogP contribution in [-0.4, -0.2) is 31.3 Å². The zero-order valence-corrected chi connectivity index (χ0v) is 12.9. The average molecular weight is 294 g/mol. The Bertz CT molecular complexity index is 441. The molecule has 1 heterocycles. The summed E-state index contributed by atoms with van der Waals surface area (Å²) in [6.07, 6.45) is 9.81. The van der Waals surface area contributed by atoms with Crippen LogP contribution in [0.1, 0.15) is 64.1 Å². The number of carboxylic acid groups (broad SMARTS) is 1. The molecule has 1 saturated carbocycles. The summed E-state index contributed by atoms with van der Waals surface area (Å²) in [5, 5.41) is 20.9. The van der Waals surface area contributed by atoms with Crippen molar-refractivity contribution in [2.45, 2.75) is 71.3 Å². The molecule has 1 fully saturated rings. The van der Waals surface area contributed by atoms with Crippen LogP contribution in [-0.2, 0) is 17.8 Å². The number of rotatable bonds is 8. The highest BCUT2D eigenvalue weighted by Crippen LogP contribution is 2.27. The van der Waals surface area contributed by atoms with E-state index in [4.69, 9.17) is 5.11 Å². The van der Waals surface area contributed by atoms with Gasteiger partial charge in [0.25, 0.3) is 0 Å². The largest absolute Gasteiger partial charge is 0.481 e. The van der Waals surface area contributed by atoms with Crippen LogP contribution in [0.3, 0.4) is 0 Å². The van der Waals surface area contributed by atoms with Crippen LogP contribution in [0.2, 0.25) is 0 Å². The lowest BCUT2D eigenvalue weighted by Gasteiger charge is -2.21. The molecule has 1 aromatic rings. The number of hydrogen-bond donors (Lipinski definition) is 1. The Labute approximate surface area is 125 Å². The van der Waals surface area contributed by atoms with Crippen molar-refractivity contribution in [1.29, 1.82) is 0 Å². The van der Waals surface area contributed by atoms with Gasteiger partial charge in [-0.3, -0.25) is 4.79 Å². The Morgan fingerprint density at radius 1 is 1.38 bits per heavy atom. The molecular formula is C15H26N4O2. The minimum Gasteiger partial charge on any atom is -0.481 e. The summed E-state index contributed by atoms with van der Waals surface area (Å²) in [6.45, 7) is 2.62. The lowest BCUT2D eigenvalue weighted by atomic mass is 9.86. The second-order valence-corrected chi connectivity index (χ2v) is 6.19. The van der Waals surface area contributed by atoms with E-state index in [2.05, 4.69) is 15.5 Å². The van der Waals surface area contributed by atoms with E-state index in [0.717, 1.165) is 31.0 Å². The monoisotopic (exact) mass is 294 g/mol. The number of aliphatic carboxylic acids is 1. The molecule has 1 N–H and O–H groups in total. The molecule has 0 saturated heterocycles. The van der Waals surface area contributed by atoms with E-state index in [0.29, 0.717) is 6.54 Å². The minimum atomic E-state index is -0.751. The van der Waals surface area contributed by atoms with Gasteiger partial charge >= 0.3 is 5.97 Å². The average Bonchev–Trinajstić information content (AvgIpc) is 2.92. The fraction of sp³-hybridized carbons (Fsp3) is 0.867. The maximum atomic E-state index is 10.9. The van der Waals surface area contributed by atoms with E-state index in [1.165, 1.54) is 32.1 Å². The molecule has 2 rings (SSSR count). The number of carboxylic acids is 1. The topological polar surface area (TPSA) is 80.9 Å². The minimum absolute atomic E-state index is 0.0967. The third kappa shape index (κ3) is 5.10. The molecule has 1 unspecified atom stereocenters. The van der Waals surface area contributed by atoms with Gasteiger partial charge in [-0.1, -0.05) is 45.4 Å². The number of aromatic nitrogens is 4. The van der Waals surface area contributed by atoms with Crippen LogP contribution in [0.25, 0.3) is 0 Å². The Morgan fingerprint density at radius 3 is 2.81 bits per heavy atom. The number of nitrogens with zero attached hydrogens (tertiary/aromatic N) is 4. The standard InChI is InChI=1S/C15H26N4O2/c1-2-12(10-15(20)21)11-19-14(16-17-18-19)9-8-13-6-4-3-5-7-13/h12-13H,2-11H2,1H3,(H,20,21). The van der Waals surface area contributed by atoms with Crippen molar-refractivity contribution < 1.29 is 9.90 Å². The summed E-state index contributed by atoms with van der Waals surface area (Å²) >= 11 is 0. The van der Waals surface area contributed by atoms with E-state index < -0.39 is 5.97 Å². The molecular weight excluding hydrogens is 268 g/mol. The van der Waals surface area contributed by atoms with Gasteiger partial charge in [0.05, 0.1) is 0 Å². The lowest BCUT2D eigenvalue weighted by Crippen LogP contribution is -2.18. The summed E-state index contributed by atoms with van der Waals surface area (Å²) in [6, 6.07) is 0. The van der Waals surface area contributed by atoms with E-state index in [1.54, 1.807) is 4.68 Å². The molecule has 1 aromatic heterocycles. The zero-order valence-electron chi connectivity index (χ0n) is 12.9. The maximum Gasteiger partial charge on any atom is 0.303 e.